The molecule has 0 aliphatic rings. The van der Waals surface area contributed by atoms with Crippen LogP contribution in [0.25, 0.3) is 10.9 Å². The van der Waals surface area contributed by atoms with Crippen molar-refractivity contribution in [2.75, 3.05) is 6.26 Å². The normalized spacial score (nSPS) is 11.6. The molecule has 2 rings (SSSR count). The van der Waals surface area contributed by atoms with Gasteiger partial charge in [0.25, 0.3) is 0 Å². The number of aromatic nitrogens is 1. The first kappa shape index (κ1) is 12.1. The van der Waals surface area contributed by atoms with Crippen LogP contribution in [0.5, 0.6) is 0 Å². The zero-order valence-electron chi connectivity index (χ0n) is 9.83. The summed E-state index contributed by atoms with van der Waals surface area (Å²) in [5, 5.41) is 1.33. The van der Waals surface area contributed by atoms with Crippen LogP contribution in [0.2, 0.25) is 0 Å². The van der Waals surface area contributed by atoms with Crippen molar-refractivity contribution in [3.63, 3.8) is 0 Å². The number of rotatable bonds is 3. The molecule has 0 N–H and O–H groups in total. The Morgan fingerprint density at radius 1 is 1.31 bits per heavy atom. The summed E-state index contributed by atoms with van der Waals surface area (Å²) in [6.07, 6.45) is 2.15. The van der Waals surface area contributed by atoms with Gasteiger partial charge in [0.15, 0.2) is 0 Å². The summed E-state index contributed by atoms with van der Waals surface area (Å²) in [6, 6.07) is 9.31. The van der Waals surface area contributed by atoms with Crippen molar-refractivity contribution in [3.05, 3.63) is 34.4 Å². The minimum atomic E-state index is 0.508. The molecule has 16 heavy (non-hydrogen) atoms. The average molecular weight is 298 g/mol. The summed E-state index contributed by atoms with van der Waals surface area (Å²) in [4.78, 5) is 0. The van der Waals surface area contributed by atoms with E-state index in [1.807, 2.05) is 11.8 Å². The number of fused-ring (bicyclic) bond motifs is 1. The molecule has 1 heterocycles. The molecule has 0 saturated carbocycles. The summed E-state index contributed by atoms with van der Waals surface area (Å²) in [6.45, 7) is 4.48. The molecular weight excluding hydrogens is 282 g/mol. The lowest BCUT2D eigenvalue weighted by molar-refractivity contribution is 0.606. The Labute approximate surface area is 109 Å². The molecule has 1 nitrogen and oxygen atoms in total. The fourth-order valence-corrected chi connectivity index (χ4v) is 2.99. The van der Waals surface area contributed by atoms with Crippen molar-refractivity contribution in [2.24, 2.45) is 0 Å². The molecule has 0 spiro atoms. The zero-order valence-corrected chi connectivity index (χ0v) is 12.2. The Kier molecular flexibility index (Phi) is 3.65. The SMILES string of the molecule is CSCc1cc2ccc(Br)cc2n1C(C)C. The maximum Gasteiger partial charge on any atom is 0.0496 e. The fraction of sp³-hybridized carbons (Fsp3) is 0.385. The third-order valence-electron chi connectivity index (χ3n) is 2.69. The first-order chi connectivity index (χ1) is 7.63. The summed E-state index contributed by atoms with van der Waals surface area (Å²) in [5.74, 6) is 1.07. The van der Waals surface area contributed by atoms with E-state index in [1.54, 1.807) is 0 Å². The number of thioether (sulfide) groups is 1. The first-order valence-electron chi connectivity index (χ1n) is 5.41. The Morgan fingerprint density at radius 2 is 2.06 bits per heavy atom. The van der Waals surface area contributed by atoms with Gasteiger partial charge < -0.3 is 4.57 Å². The van der Waals surface area contributed by atoms with Crippen molar-refractivity contribution >= 4 is 38.6 Å². The van der Waals surface area contributed by atoms with E-state index < -0.39 is 0 Å². The first-order valence-corrected chi connectivity index (χ1v) is 7.60. The third-order valence-corrected chi connectivity index (χ3v) is 3.77. The van der Waals surface area contributed by atoms with Crippen LogP contribution in [0, 0.1) is 0 Å². The van der Waals surface area contributed by atoms with Crippen LogP contribution in [0.4, 0.5) is 0 Å². The van der Waals surface area contributed by atoms with Gasteiger partial charge in [0, 0.05) is 27.5 Å². The van der Waals surface area contributed by atoms with Gasteiger partial charge in [-0.25, -0.2) is 0 Å². The van der Waals surface area contributed by atoms with Gasteiger partial charge in [-0.2, -0.15) is 11.8 Å². The van der Waals surface area contributed by atoms with E-state index in [2.05, 4.69) is 64.9 Å². The minimum Gasteiger partial charge on any atom is -0.341 e. The highest BCUT2D eigenvalue weighted by Crippen LogP contribution is 2.28. The Hall–Kier alpha value is -0.410. The van der Waals surface area contributed by atoms with Gasteiger partial charge in [-0.05, 0) is 43.7 Å². The second-order valence-corrected chi connectivity index (χ2v) is 6.02. The predicted octanol–water partition coefficient (Wildman–Crippen LogP) is 4.85. The lowest BCUT2D eigenvalue weighted by atomic mass is 10.2. The molecular formula is C13H16BrNS. The predicted molar refractivity (Wildman–Crippen MR) is 77.2 cm³/mol. The molecule has 0 aliphatic carbocycles. The van der Waals surface area contributed by atoms with Crippen LogP contribution in [0.15, 0.2) is 28.7 Å². The highest BCUT2D eigenvalue weighted by atomic mass is 79.9. The van der Waals surface area contributed by atoms with Gasteiger partial charge in [0.05, 0.1) is 0 Å². The summed E-state index contributed by atoms with van der Waals surface area (Å²) in [7, 11) is 0. The molecule has 0 unspecified atom stereocenters. The molecule has 2 aromatic rings. The number of nitrogens with zero attached hydrogens (tertiary/aromatic N) is 1. The van der Waals surface area contributed by atoms with Gasteiger partial charge in [0.1, 0.15) is 0 Å². The van der Waals surface area contributed by atoms with Gasteiger partial charge in [-0.3, -0.25) is 0 Å². The molecule has 0 amide bonds. The van der Waals surface area contributed by atoms with Gasteiger partial charge in [0.2, 0.25) is 0 Å². The van der Waals surface area contributed by atoms with E-state index in [0.29, 0.717) is 6.04 Å². The van der Waals surface area contributed by atoms with Crippen LogP contribution in [0.1, 0.15) is 25.6 Å². The maximum atomic E-state index is 3.55. The second-order valence-electron chi connectivity index (χ2n) is 4.24. The monoisotopic (exact) mass is 297 g/mol. The topological polar surface area (TPSA) is 4.93 Å². The lowest BCUT2D eigenvalue weighted by Gasteiger charge is -2.14. The van der Waals surface area contributed by atoms with E-state index >= 15 is 0 Å². The molecule has 86 valence electrons. The van der Waals surface area contributed by atoms with E-state index in [0.717, 1.165) is 10.2 Å². The highest BCUT2D eigenvalue weighted by molar-refractivity contribution is 9.10. The Morgan fingerprint density at radius 3 is 2.69 bits per heavy atom. The molecule has 0 radical (unpaired) electrons. The molecule has 0 atom stereocenters. The van der Waals surface area contributed by atoms with Crippen LogP contribution >= 0.6 is 27.7 Å². The van der Waals surface area contributed by atoms with Gasteiger partial charge >= 0.3 is 0 Å². The van der Waals surface area contributed by atoms with Crippen LogP contribution in [-0.2, 0) is 5.75 Å². The van der Waals surface area contributed by atoms with Crippen molar-refractivity contribution in [2.45, 2.75) is 25.6 Å². The molecule has 0 fully saturated rings. The van der Waals surface area contributed by atoms with E-state index in [1.165, 1.54) is 16.6 Å². The average Bonchev–Trinajstić information content (AvgIpc) is 2.55. The second kappa shape index (κ2) is 4.84. The van der Waals surface area contributed by atoms with E-state index in [4.69, 9.17) is 0 Å². The summed E-state index contributed by atoms with van der Waals surface area (Å²) < 4.78 is 3.58. The van der Waals surface area contributed by atoms with Gasteiger partial charge in [-0.1, -0.05) is 22.0 Å². The van der Waals surface area contributed by atoms with Gasteiger partial charge in [-0.15, -0.1) is 0 Å². The number of benzene rings is 1. The third kappa shape index (κ3) is 2.16. The maximum absolute atomic E-state index is 3.55. The lowest BCUT2D eigenvalue weighted by Crippen LogP contribution is -2.04. The molecule has 1 aromatic carbocycles. The smallest absolute Gasteiger partial charge is 0.0496 e. The van der Waals surface area contributed by atoms with Crippen molar-refractivity contribution in [3.8, 4) is 0 Å². The van der Waals surface area contributed by atoms with E-state index in [-0.39, 0.29) is 0 Å². The Balaban J connectivity index is 2.67. The Bertz CT molecular complexity index is 502. The number of hydrogen-bond acceptors (Lipinski definition) is 1. The molecule has 1 aromatic heterocycles. The van der Waals surface area contributed by atoms with Crippen molar-refractivity contribution in [1.29, 1.82) is 0 Å². The molecule has 3 heteroatoms. The quantitative estimate of drug-likeness (QED) is 0.784. The molecule has 0 saturated heterocycles. The summed E-state index contributed by atoms with van der Waals surface area (Å²) >= 11 is 5.42. The number of halogens is 1. The zero-order chi connectivity index (χ0) is 11.7. The van der Waals surface area contributed by atoms with Crippen LogP contribution < -0.4 is 0 Å². The molecule has 0 aliphatic heterocycles. The van der Waals surface area contributed by atoms with Crippen LogP contribution in [0.3, 0.4) is 0 Å². The van der Waals surface area contributed by atoms with Crippen molar-refractivity contribution in [1.82, 2.24) is 4.57 Å². The molecule has 0 bridgehead atoms. The summed E-state index contributed by atoms with van der Waals surface area (Å²) in [5.41, 5.74) is 2.74. The van der Waals surface area contributed by atoms with Crippen molar-refractivity contribution < 1.29 is 0 Å². The highest BCUT2D eigenvalue weighted by Gasteiger charge is 2.10. The minimum absolute atomic E-state index is 0.508. The number of hydrogen-bond donors (Lipinski definition) is 0. The van der Waals surface area contributed by atoms with E-state index in [9.17, 15) is 0 Å². The standard InChI is InChI=1S/C13H16BrNS/c1-9(2)15-12(8-16-3)6-10-4-5-11(14)7-13(10)15/h4-7,9H,8H2,1-3H3. The van der Waals surface area contributed by atoms with Crippen LogP contribution in [-0.4, -0.2) is 10.8 Å². The largest absolute Gasteiger partial charge is 0.341 e. The fourth-order valence-electron chi connectivity index (χ4n) is 2.12.